The summed E-state index contributed by atoms with van der Waals surface area (Å²) < 4.78 is 24.0. The van der Waals surface area contributed by atoms with Gasteiger partial charge in [0.2, 0.25) is 0 Å². The van der Waals surface area contributed by atoms with Gasteiger partial charge in [-0.25, -0.2) is 8.42 Å². The Hall–Kier alpha value is -3.29. The zero-order valence-corrected chi connectivity index (χ0v) is 20.7. The van der Waals surface area contributed by atoms with E-state index in [1.807, 2.05) is 48.5 Å². The quantitative estimate of drug-likeness (QED) is 0.412. The maximum Gasteiger partial charge on any atom is 0.156 e. The Bertz CT molecular complexity index is 1500. The molecular weight excluding hydrogens is 448 g/mol. The van der Waals surface area contributed by atoms with Gasteiger partial charge in [0.25, 0.3) is 0 Å². The van der Waals surface area contributed by atoms with E-state index in [0.717, 1.165) is 27.6 Å². The summed E-state index contributed by atoms with van der Waals surface area (Å²) in [6, 6.07) is 16.8. The molecule has 0 saturated carbocycles. The van der Waals surface area contributed by atoms with Crippen LogP contribution in [0.25, 0.3) is 33.2 Å². The fourth-order valence-electron chi connectivity index (χ4n) is 3.92. The summed E-state index contributed by atoms with van der Waals surface area (Å²) in [6.45, 7) is 6.55. The third kappa shape index (κ3) is 4.29. The van der Waals surface area contributed by atoms with Crippen LogP contribution in [-0.4, -0.2) is 34.9 Å². The van der Waals surface area contributed by atoms with E-state index in [-0.39, 0.29) is 11.4 Å². The zero-order chi connectivity index (χ0) is 24.9. The second kappa shape index (κ2) is 8.18. The van der Waals surface area contributed by atoms with Crippen LogP contribution in [0.4, 0.5) is 0 Å². The molecule has 7 heteroatoms. The highest BCUT2D eigenvalue weighted by molar-refractivity contribution is 7.91. The third-order valence-corrected chi connectivity index (χ3v) is 8.37. The number of aromatic nitrogens is 2. The zero-order valence-electron chi connectivity index (χ0n) is 19.9. The molecule has 0 bridgehead atoms. The van der Waals surface area contributed by atoms with E-state index < -0.39 is 20.2 Å². The standard InChI is InChI=1S/C27H28N2O4S/c1-26(2,31)25-23(30)14-20(16-29-25)17-8-6-9-18(12-17)22-15-21(27(3,4)34(5,32)33)13-19-10-7-11-28-24(19)22/h6-16,30-31H,1-5H3. The molecule has 2 heterocycles. The molecule has 0 saturated heterocycles. The van der Waals surface area contributed by atoms with Gasteiger partial charge in [-0.3, -0.25) is 9.97 Å². The minimum Gasteiger partial charge on any atom is -0.506 e. The van der Waals surface area contributed by atoms with Crippen LogP contribution < -0.4 is 0 Å². The second-order valence-electron chi connectivity index (χ2n) is 9.61. The average molecular weight is 477 g/mol. The second-order valence-corrected chi connectivity index (χ2v) is 12.2. The van der Waals surface area contributed by atoms with Crippen LogP contribution in [0, 0.1) is 0 Å². The third-order valence-electron chi connectivity index (χ3n) is 6.28. The molecule has 0 spiro atoms. The number of sulfone groups is 1. The van der Waals surface area contributed by atoms with Crippen LogP contribution >= 0.6 is 0 Å². The monoisotopic (exact) mass is 476 g/mol. The molecular formula is C27H28N2O4S. The Balaban J connectivity index is 1.90. The molecule has 0 aliphatic rings. The number of rotatable bonds is 5. The van der Waals surface area contributed by atoms with Crippen LogP contribution in [0.3, 0.4) is 0 Å². The summed E-state index contributed by atoms with van der Waals surface area (Å²) in [5.41, 5.74) is 3.59. The van der Waals surface area contributed by atoms with Crippen LogP contribution in [0.15, 0.2) is 67.0 Å². The van der Waals surface area contributed by atoms with E-state index in [2.05, 4.69) is 9.97 Å². The minimum atomic E-state index is -3.37. The molecule has 0 amide bonds. The van der Waals surface area contributed by atoms with E-state index in [4.69, 9.17) is 0 Å². The SMILES string of the molecule is CC(C)(O)c1ncc(-c2cccc(-c3cc(C(C)(C)S(C)(=O)=O)cc4cccnc34)c2)cc1O. The lowest BCUT2D eigenvalue weighted by Gasteiger charge is -2.24. The Labute approximate surface area is 199 Å². The molecule has 0 atom stereocenters. The molecule has 0 radical (unpaired) electrons. The van der Waals surface area contributed by atoms with Crippen LogP contribution in [0.5, 0.6) is 5.75 Å². The van der Waals surface area contributed by atoms with E-state index in [1.165, 1.54) is 6.26 Å². The number of benzene rings is 2. The van der Waals surface area contributed by atoms with Crippen molar-refractivity contribution < 1.29 is 18.6 Å². The van der Waals surface area contributed by atoms with Crippen molar-refractivity contribution in [3.63, 3.8) is 0 Å². The largest absolute Gasteiger partial charge is 0.506 e. The lowest BCUT2D eigenvalue weighted by Crippen LogP contribution is -2.28. The van der Waals surface area contributed by atoms with Gasteiger partial charge in [-0.05, 0) is 74.7 Å². The van der Waals surface area contributed by atoms with Crippen molar-refractivity contribution in [3.8, 4) is 28.0 Å². The van der Waals surface area contributed by atoms with Crippen LogP contribution in [-0.2, 0) is 20.2 Å². The van der Waals surface area contributed by atoms with Crippen molar-refractivity contribution in [1.82, 2.24) is 9.97 Å². The number of hydrogen-bond acceptors (Lipinski definition) is 6. The summed E-state index contributed by atoms with van der Waals surface area (Å²) in [6.07, 6.45) is 4.58. The summed E-state index contributed by atoms with van der Waals surface area (Å²) in [5, 5.41) is 21.5. The molecule has 4 aromatic rings. The van der Waals surface area contributed by atoms with Crippen molar-refractivity contribution >= 4 is 20.7 Å². The minimum absolute atomic E-state index is 0.0839. The molecule has 0 aliphatic heterocycles. The fourth-order valence-corrected chi connectivity index (χ4v) is 4.47. The molecule has 34 heavy (non-hydrogen) atoms. The van der Waals surface area contributed by atoms with E-state index in [0.29, 0.717) is 11.1 Å². The van der Waals surface area contributed by atoms with E-state index in [9.17, 15) is 18.6 Å². The van der Waals surface area contributed by atoms with Gasteiger partial charge >= 0.3 is 0 Å². The highest BCUT2D eigenvalue weighted by Crippen LogP contribution is 2.38. The van der Waals surface area contributed by atoms with Gasteiger partial charge in [-0.2, -0.15) is 0 Å². The van der Waals surface area contributed by atoms with Gasteiger partial charge in [0.1, 0.15) is 17.0 Å². The molecule has 0 unspecified atom stereocenters. The maximum absolute atomic E-state index is 12.5. The van der Waals surface area contributed by atoms with Crippen molar-refractivity contribution in [2.24, 2.45) is 0 Å². The number of aromatic hydroxyl groups is 1. The van der Waals surface area contributed by atoms with Crippen molar-refractivity contribution in [2.75, 3.05) is 6.26 Å². The van der Waals surface area contributed by atoms with Crippen LogP contribution in [0.2, 0.25) is 0 Å². The number of hydrogen-bond donors (Lipinski definition) is 2. The Morgan fingerprint density at radius 1 is 0.853 bits per heavy atom. The normalized spacial score (nSPS) is 12.8. The van der Waals surface area contributed by atoms with Gasteiger partial charge < -0.3 is 10.2 Å². The summed E-state index contributed by atoms with van der Waals surface area (Å²) >= 11 is 0. The van der Waals surface area contributed by atoms with Crippen molar-refractivity contribution in [1.29, 1.82) is 0 Å². The molecule has 6 nitrogen and oxygen atoms in total. The van der Waals surface area contributed by atoms with Crippen LogP contribution in [0.1, 0.15) is 39.0 Å². The first-order valence-electron chi connectivity index (χ1n) is 10.9. The van der Waals surface area contributed by atoms with Gasteiger partial charge in [0.05, 0.1) is 10.3 Å². The molecule has 0 fully saturated rings. The molecule has 0 aliphatic carbocycles. The fraction of sp³-hybridized carbons (Fsp3) is 0.259. The highest BCUT2D eigenvalue weighted by atomic mass is 32.2. The smallest absolute Gasteiger partial charge is 0.156 e. The molecule has 4 rings (SSSR count). The number of pyridine rings is 2. The van der Waals surface area contributed by atoms with E-state index in [1.54, 1.807) is 46.2 Å². The Morgan fingerprint density at radius 2 is 1.56 bits per heavy atom. The number of nitrogens with zero attached hydrogens (tertiary/aromatic N) is 2. The molecule has 2 aromatic heterocycles. The van der Waals surface area contributed by atoms with E-state index >= 15 is 0 Å². The van der Waals surface area contributed by atoms with Gasteiger partial charge in [0.15, 0.2) is 9.84 Å². The van der Waals surface area contributed by atoms with Gasteiger partial charge in [-0.15, -0.1) is 0 Å². The summed E-state index contributed by atoms with van der Waals surface area (Å²) in [5.74, 6) is -0.0839. The summed E-state index contributed by atoms with van der Waals surface area (Å²) in [7, 11) is -3.37. The number of fused-ring (bicyclic) bond motifs is 1. The lowest BCUT2D eigenvalue weighted by molar-refractivity contribution is 0.0709. The lowest BCUT2D eigenvalue weighted by atomic mass is 9.92. The first-order chi connectivity index (χ1) is 15.8. The summed E-state index contributed by atoms with van der Waals surface area (Å²) in [4.78, 5) is 8.84. The van der Waals surface area contributed by atoms with Crippen molar-refractivity contribution in [3.05, 3.63) is 78.2 Å². The number of aliphatic hydroxyl groups is 1. The predicted molar refractivity (Wildman–Crippen MR) is 135 cm³/mol. The predicted octanol–water partition coefficient (Wildman–Crippen LogP) is 5.18. The topological polar surface area (TPSA) is 100 Å². The first-order valence-corrected chi connectivity index (χ1v) is 12.8. The molecule has 176 valence electrons. The first kappa shape index (κ1) is 23.9. The average Bonchev–Trinajstić information content (AvgIpc) is 2.76. The molecule has 2 aromatic carbocycles. The van der Waals surface area contributed by atoms with Crippen molar-refractivity contribution in [2.45, 2.75) is 38.0 Å². The maximum atomic E-state index is 12.5. The van der Waals surface area contributed by atoms with Gasteiger partial charge in [-0.1, -0.05) is 24.3 Å². The Kier molecular flexibility index (Phi) is 5.74. The molecule has 2 N–H and O–H groups in total. The van der Waals surface area contributed by atoms with Gasteiger partial charge in [0, 0.05) is 35.2 Å². The highest BCUT2D eigenvalue weighted by Gasteiger charge is 2.33. The Morgan fingerprint density at radius 3 is 2.21 bits per heavy atom.